The van der Waals surface area contributed by atoms with Crippen molar-refractivity contribution < 1.29 is 9.90 Å². The Hall–Kier alpha value is -1.06. The van der Waals surface area contributed by atoms with E-state index in [1.54, 1.807) is 6.07 Å². The maximum Gasteiger partial charge on any atom is 0.153 e. The van der Waals surface area contributed by atoms with Gasteiger partial charge in [-0.05, 0) is 22.9 Å². The number of halogens is 1. The minimum absolute atomic E-state index is 0.0466. The summed E-state index contributed by atoms with van der Waals surface area (Å²) in [6.07, 6.45) is 0.668. The SMILES string of the molecule is O=Cc1c(Cl)c(O)cc2ccsc12. The van der Waals surface area contributed by atoms with Crippen LogP contribution in [0.5, 0.6) is 5.75 Å². The zero-order chi connectivity index (χ0) is 9.42. The highest BCUT2D eigenvalue weighted by Gasteiger charge is 2.10. The highest BCUT2D eigenvalue weighted by Crippen LogP contribution is 2.35. The lowest BCUT2D eigenvalue weighted by atomic mass is 10.1. The maximum atomic E-state index is 10.7. The quantitative estimate of drug-likeness (QED) is 0.738. The Morgan fingerprint density at radius 3 is 3.00 bits per heavy atom. The van der Waals surface area contributed by atoms with Gasteiger partial charge in [0.15, 0.2) is 6.29 Å². The van der Waals surface area contributed by atoms with E-state index >= 15 is 0 Å². The van der Waals surface area contributed by atoms with Crippen LogP contribution in [0.1, 0.15) is 10.4 Å². The van der Waals surface area contributed by atoms with Gasteiger partial charge < -0.3 is 5.11 Å². The predicted molar refractivity (Wildman–Crippen MR) is 53.9 cm³/mol. The molecule has 4 heteroatoms. The third kappa shape index (κ3) is 1.20. The van der Waals surface area contributed by atoms with Crippen LogP contribution in [0.15, 0.2) is 17.5 Å². The van der Waals surface area contributed by atoms with Gasteiger partial charge in [0.25, 0.3) is 0 Å². The van der Waals surface area contributed by atoms with E-state index in [2.05, 4.69) is 0 Å². The van der Waals surface area contributed by atoms with Gasteiger partial charge in [0, 0.05) is 4.70 Å². The second-order valence-electron chi connectivity index (χ2n) is 2.58. The zero-order valence-corrected chi connectivity index (χ0v) is 8.02. The summed E-state index contributed by atoms with van der Waals surface area (Å²) in [6, 6.07) is 3.39. The molecule has 0 amide bonds. The van der Waals surface area contributed by atoms with E-state index in [-0.39, 0.29) is 10.8 Å². The number of rotatable bonds is 1. The van der Waals surface area contributed by atoms with E-state index < -0.39 is 0 Å². The topological polar surface area (TPSA) is 37.3 Å². The third-order valence-corrected chi connectivity index (χ3v) is 3.17. The van der Waals surface area contributed by atoms with E-state index in [1.165, 1.54) is 11.3 Å². The lowest BCUT2D eigenvalue weighted by Gasteiger charge is -2.00. The number of aldehydes is 1. The Balaban J connectivity index is 2.95. The first-order valence-corrected chi connectivity index (χ1v) is 4.83. The second kappa shape index (κ2) is 3.01. The number of carbonyl (C=O) groups excluding carboxylic acids is 1. The van der Waals surface area contributed by atoms with Crippen LogP contribution in [-0.2, 0) is 0 Å². The number of carbonyl (C=O) groups is 1. The number of hydrogen-bond acceptors (Lipinski definition) is 3. The van der Waals surface area contributed by atoms with Crippen molar-refractivity contribution in [3.05, 3.63) is 28.1 Å². The number of phenolic OH excluding ortho intramolecular Hbond substituents is 1. The van der Waals surface area contributed by atoms with Crippen molar-refractivity contribution in [2.45, 2.75) is 0 Å². The van der Waals surface area contributed by atoms with E-state index in [1.807, 2.05) is 11.4 Å². The number of phenols is 1. The number of fused-ring (bicyclic) bond motifs is 1. The van der Waals surface area contributed by atoms with Gasteiger partial charge in [-0.1, -0.05) is 11.6 Å². The molecule has 0 aliphatic rings. The van der Waals surface area contributed by atoms with Gasteiger partial charge in [-0.3, -0.25) is 4.79 Å². The van der Waals surface area contributed by atoms with E-state index in [4.69, 9.17) is 11.6 Å². The number of hydrogen-bond donors (Lipinski definition) is 1. The van der Waals surface area contributed by atoms with Gasteiger partial charge in [-0.25, -0.2) is 0 Å². The molecule has 1 N–H and O–H groups in total. The molecule has 2 nitrogen and oxygen atoms in total. The summed E-state index contributed by atoms with van der Waals surface area (Å²) in [7, 11) is 0. The number of benzene rings is 1. The number of aromatic hydroxyl groups is 1. The van der Waals surface area contributed by atoms with Crippen molar-refractivity contribution in [2.75, 3.05) is 0 Å². The van der Waals surface area contributed by atoms with Crippen LogP contribution in [-0.4, -0.2) is 11.4 Å². The molecule has 0 saturated carbocycles. The third-order valence-electron chi connectivity index (χ3n) is 1.81. The normalized spacial score (nSPS) is 10.5. The zero-order valence-electron chi connectivity index (χ0n) is 6.45. The average molecular weight is 213 g/mol. The fraction of sp³-hybridized carbons (Fsp3) is 0. The molecule has 0 spiro atoms. The van der Waals surface area contributed by atoms with Crippen LogP contribution < -0.4 is 0 Å². The van der Waals surface area contributed by atoms with Crippen molar-refractivity contribution in [1.82, 2.24) is 0 Å². The summed E-state index contributed by atoms with van der Waals surface area (Å²) in [5.41, 5.74) is 0.367. The molecule has 2 rings (SSSR count). The van der Waals surface area contributed by atoms with Crippen molar-refractivity contribution in [1.29, 1.82) is 0 Å². The Kier molecular flexibility index (Phi) is 1.98. The monoisotopic (exact) mass is 212 g/mol. The van der Waals surface area contributed by atoms with Crippen LogP contribution in [0, 0.1) is 0 Å². The first-order valence-electron chi connectivity index (χ1n) is 3.58. The van der Waals surface area contributed by atoms with Gasteiger partial charge in [-0.2, -0.15) is 0 Å². The van der Waals surface area contributed by atoms with Crippen molar-refractivity contribution in [3.8, 4) is 5.75 Å². The van der Waals surface area contributed by atoms with Gasteiger partial charge in [-0.15, -0.1) is 11.3 Å². The summed E-state index contributed by atoms with van der Waals surface area (Å²) in [6.45, 7) is 0. The van der Waals surface area contributed by atoms with Crippen LogP contribution in [0.25, 0.3) is 10.1 Å². The summed E-state index contributed by atoms with van der Waals surface area (Å²) in [4.78, 5) is 10.7. The Morgan fingerprint density at radius 1 is 1.54 bits per heavy atom. The molecule has 66 valence electrons. The lowest BCUT2D eigenvalue weighted by molar-refractivity contribution is 0.112. The molecule has 0 saturated heterocycles. The van der Waals surface area contributed by atoms with Gasteiger partial charge in [0.05, 0.1) is 10.6 Å². The van der Waals surface area contributed by atoms with Gasteiger partial charge >= 0.3 is 0 Å². The average Bonchev–Trinajstić information content (AvgIpc) is 2.54. The highest BCUT2D eigenvalue weighted by atomic mass is 35.5. The first-order chi connectivity index (χ1) is 6.24. The fourth-order valence-corrected chi connectivity index (χ4v) is 2.35. The summed E-state index contributed by atoms with van der Waals surface area (Å²) >= 11 is 7.19. The van der Waals surface area contributed by atoms with Gasteiger partial charge in [0.1, 0.15) is 5.75 Å². The van der Waals surface area contributed by atoms with E-state index in [9.17, 15) is 9.90 Å². The van der Waals surface area contributed by atoms with Crippen LogP contribution in [0.4, 0.5) is 0 Å². The molecule has 0 bridgehead atoms. The standard InChI is InChI=1S/C9H5ClO2S/c10-8-6(4-11)9-5(1-2-13-9)3-7(8)12/h1-4,12H. The van der Waals surface area contributed by atoms with Gasteiger partial charge in [0.2, 0.25) is 0 Å². The minimum Gasteiger partial charge on any atom is -0.506 e. The Morgan fingerprint density at radius 2 is 2.31 bits per heavy atom. The minimum atomic E-state index is -0.0466. The van der Waals surface area contributed by atoms with Crippen molar-refractivity contribution in [3.63, 3.8) is 0 Å². The summed E-state index contributed by atoms with van der Waals surface area (Å²) in [5.74, 6) is -0.0466. The largest absolute Gasteiger partial charge is 0.506 e. The predicted octanol–water partition coefficient (Wildman–Crippen LogP) is 3.07. The second-order valence-corrected chi connectivity index (χ2v) is 3.87. The highest BCUT2D eigenvalue weighted by molar-refractivity contribution is 7.17. The molecule has 0 fully saturated rings. The molecular formula is C9H5ClO2S. The first kappa shape index (κ1) is 8.53. The molecule has 0 atom stereocenters. The molecular weight excluding hydrogens is 208 g/mol. The van der Waals surface area contributed by atoms with Crippen LogP contribution >= 0.6 is 22.9 Å². The van der Waals surface area contributed by atoms with Crippen molar-refractivity contribution >= 4 is 39.3 Å². The molecule has 0 aliphatic carbocycles. The summed E-state index contributed by atoms with van der Waals surface area (Å²) in [5, 5.41) is 12.2. The molecule has 13 heavy (non-hydrogen) atoms. The molecule has 1 aromatic carbocycles. The lowest BCUT2D eigenvalue weighted by Crippen LogP contribution is -1.82. The Labute approximate surface area is 83.4 Å². The molecule has 0 radical (unpaired) electrons. The van der Waals surface area contributed by atoms with Crippen LogP contribution in [0.2, 0.25) is 5.02 Å². The molecule has 2 aromatic rings. The molecule has 0 unspecified atom stereocenters. The maximum absolute atomic E-state index is 10.7. The van der Waals surface area contributed by atoms with E-state index in [0.717, 1.165) is 10.1 Å². The molecule has 1 heterocycles. The van der Waals surface area contributed by atoms with E-state index in [0.29, 0.717) is 11.8 Å². The number of thiophene rings is 1. The molecule has 1 aromatic heterocycles. The molecule has 0 aliphatic heterocycles. The fourth-order valence-electron chi connectivity index (χ4n) is 1.21. The Bertz CT molecular complexity index is 476. The van der Waals surface area contributed by atoms with Crippen molar-refractivity contribution in [2.24, 2.45) is 0 Å². The smallest absolute Gasteiger partial charge is 0.153 e. The van der Waals surface area contributed by atoms with Crippen LogP contribution in [0.3, 0.4) is 0 Å². The summed E-state index contributed by atoms with van der Waals surface area (Å²) < 4.78 is 0.817.